The number of rotatable bonds is 17. The summed E-state index contributed by atoms with van der Waals surface area (Å²) in [5.41, 5.74) is -1.98. The van der Waals surface area contributed by atoms with Crippen LogP contribution in [-0.4, -0.2) is 68.6 Å². The van der Waals surface area contributed by atoms with Gasteiger partial charge in [-0.15, -0.1) is 0 Å². The second-order valence-electron chi connectivity index (χ2n) is 7.96. The minimum atomic E-state index is -1.98. The minimum absolute atomic E-state index is 0.0990. The zero-order chi connectivity index (χ0) is 24.1. The van der Waals surface area contributed by atoms with Gasteiger partial charge in [0.1, 0.15) is 5.92 Å². The average molecular weight is 460 g/mol. The SMILES string of the molecule is O=C(O)C[C@@H](O)C(=O)OCCCCCCCCCC[C@@H](C(=O)O)[C@]1(C(=O)O)CCC(=O)O1. The van der Waals surface area contributed by atoms with Crippen LogP contribution in [0.15, 0.2) is 0 Å². The molecule has 0 bridgehead atoms. The van der Waals surface area contributed by atoms with Crippen molar-refractivity contribution in [2.75, 3.05) is 6.61 Å². The van der Waals surface area contributed by atoms with Gasteiger partial charge in [-0.1, -0.05) is 44.9 Å². The molecule has 11 heteroatoms. The summed E-state index contributed by atoms with van der Waals surface area (Å²) in [4.78, 5) is 56.3. The first kappa shape index (κ1) is 27.3. The average Bonchev–Trinajstić information content (AvgIpc) is 3.10. The molecule has 0 radical (unpaired) electrons. The molecular formula is C21H32O11. The molecule has 0 spiro atoms. The number of hydrogen-bond acceptors (Lipinski definition) is 8. The number of carbonyl (C=O) groups is 5. The van der Waals surface area contributed by atoms with Crippen LogP contribution in [0.25, 0.3) is 0 Å². The van der Waals surface area contributed by atoms with E-state index in [-0.39, 0.29) is 25.9 Å². The van der Waals surface area contributed by atoms with E-state index >= 15 is 0 Å². The van der Waals surface area contributed by atoms with Crippen molar-refractivity contribution >= 4 is 29.8 Å². The van der Waals surface area contributed by atoms with Gasteiger partial charge in [0.05, 0.1) is 13.0 Å². The van der Waals surface area contributed by atoms with E-state index in [4.69, 9.17) is 14.6 Å². The van der Waals surface area contributed by atoms with E-state index in [1.165, 1.54) is 0 Å². The zero-order valence-corrected chi connectivity index (χ0v) is 18.0. The van der Waals surface area contributed by atoms with Crippen LogP contribution < -0.4 is 0 Å². The lowest BCUT2D eigenvalue weighted by molar-refractivity contribution is -0.182. The highest BCUT2D eigenvalue weighted by atomic mass is 16.6. The summed E-state index contributed by atoms with van der Waals surface area (Å²) in [7, 11) is 0. The zero-order valence-electron chi connectivity index (χ0n) is 18.0. The number of carboxylic acids is 3. The largest absolute Gasteiger partial charge is 0.481 e. The quantitative estimate of drug-likeness (QED) is 0.183. The summed E-state index contributed by atoms with van der Waals surface area (Å²) in [6, 6.07) is 0. The van der Waals surface area contributed by atoms with Crippen LogP contribution in [0.2, 0.25) is 0 Å². The van der Waals surface area contributed by atoms with Crippen LogP contribution in [0.1, 0.15) is 77.0 Å². The van der Waals surface area contributed by atoms with Crippen molar-refractivity contribution in [3.05, 3.63) is 0 Å². The predicted octanol–water partition coefficient (Wildman–Crippen LogP) is 1.74. The Bertz CT molecular complexity index is 675. The maximum Gasteiger partial charge on any atom is 0.349 e. The molecule has 1 fully saturated rings. The summed E-state index contributed by atoms with van der Waals surface area (Å²) in [5, 5.41) is 36.7. The third kappa shape index (κ3) is 8.81. The number of unbranched alkanes of at least 4 members (excludes halogenated alkanes) is 7. The van der Waals surface area contributed by atoms with Gasteiger partial charge in [-0.25, -0.2) is 9.59 Å². The number of aliphatic carboxylic acids is 3. The number of esters is 2. The Balaban J connectivity index is 2.14. The van der Waals surface area contributed by atoms with Gasteiger partial charge >= 0.3 is 29.8 Å². The van der Waals surface area contributed by atoms with Gasteiger partial charge in [0.25, 0.3) is 0 Å². The molecule has 32 heavy (non-hydrogen) atoms. The summed E-state index contributed by atoms with van der Waals surface area (Å²) in [6.45, 7) is 0.113. The number of carboxylic acid groups (broad SMARTS) is 3. The number of aliphatic hydroxyl groups excluding tert-OH is 1. The fraction of sp³-hybridized carbons (Fsp3) is 0.762. The smallest absolute Gasteiger partial charge is 0.349 e. The summed E-state index contributed by atoms with van der Waals surface area (Å²) in [6.07, 6.45) is 3.77. The highest BCUT2D eigenvalue weighted by Crippen LogP contribution is 2.37. The molecule has 0 aromatic carbocycles. The van der Waals surface area contributed by atoms with Gasteiger partial charge in [-0.2, -0.15) is 0 Å². The van der Waals surface area contributed by atoms with E-state index in [0.29, 0.717) is 12.8 Å². The third-order valence-electron chi connectivity index (χ3n) is 5.49. The number of aliphatic hydroxyl groups is 1. The lowest BCUT2D eigenvalue weighted by Gasteiger charge is -2.29. The normalized spacial score (nSPS) is 19.7. The van der Waals surface area contributed by atoms with Crippen LogP contribution in [0.5, 0.6) is 0 Å². The van der Waals surface area contributed by atoms with Crippen LogP contribution in [-0.2, 0) is 33.4 Å². The number of cyclic esters (lactones) is 1. The molecule has 1 rings (SSSR count). The van der Waals surface area contributed by atoms with Crippen molar-refractivity contribution in [3.63, 3.8) is 0 Å². The first-order valence-corrected chi connectivity index (χ1v) is 10.8. The lowest BCUT2D eigenvalue weighted by Crippen LogP contribution is -2.49. The Kier molecular flexibility index (Phi) is 11.7. The summed E-state index contributed by atoms with van der Waals surface area (Å²) < 4.78 is 9.74. The Labute approximate surface area is 185 Å². The molecule has 4 N–H and O–H groups in total. The monoisotopic (exact) mass is 460 g/mol. The second kappa shape index (κ2) is 13.7. The molecule has 182 valence electrons. The second-order valence-corrected chi connectivity index (χ2v) is 7.96. The molecule has 1 saturated heterocycles. The minimum Gasteiger partial charge on any atom is -0.481 e. The standard InChI is InChI=1S/C21H32O11/c22-15(13-16(23)24)19(28)31-12-8-6-4-2-1-3-5-7-9-14(18(26)27)21(20(29)30)11-10-17(25)32-21/h14-15,22H,1-13H2,(H,23,24)(H,26,27)(H,29,30)/t14-,15+,21-/m0/s1. The van der Waals surface area contributed by atoms with Crippen molar-refractivity contribution in [2.24, 2.45) is 5.92 Å². The van der Waals surface area contributed by atoms with Crippen molar-refractivity contribution in [3.8, 4) is 0 Å². The van der Waals surface area contributed by atoms with Crippen LogP contribution in [0.3, 0.4) is 0 Å². The van der Waals surface area contributed by atoms with Gasteiger partial charge in [-0.05, 0) is 12.8 Å². The van der Waals surface area contributed by atoms with E-state index in [2.05, 4.69) is 0 Å². The van der Waals surface area contributed by atoms with Crippen LogP contribution >= 0.6 is 0 Å². The van der Waals surface area contributed by atoms with Gasteiger partial charge in [0.15, 0.2) is 6.10 Å². The van der Waals surface area contributed by atoms with Gasteiger partial charge in [0.2, 0.25) is 5.60 Å². The van der Waals surface area contributed by atoms with Crippen LogP contribution in [0, 0.1) is 5.92 Å². The van der Waals surface area contributed by atoms with E-state index in [0.717, 1.165) is 38.5 Å². The number of ether oxygens (including phenoxy) is 2. The van der Waals surface area contributed by atoms with Gasteiger partial charge < -0.3 is 29.9 Å². The molecule has 0 unspecified atom stereocenters. The molecule has 1 heterocycles. The molecule has 1 aliphatic rings. The highest BCUT2D eigenvalue weighted by Gasteiger charge is 2.56. The topological polar surface area (TPSA) is 185 Å². The van der Waals surface area contributed by atoms with Gasteiger partial charge in [-0.3, -0.25) is 14.4 Å². The molecule has 0 aromatic rings. The first-order chi connectivity index (χ1) is 15.1. The van der Waals surface area contributed by atoms with Crippen molar-refractivity contribution in [1.82, 2.24) is 0 Å². The molecule has 0 saturated carbocycles. The Hall–Kier alpha value is -2.69. The summed E-state index contributed by atoms with van der Waals surface area (Å²) in [5.74, 6) is -6.88. The van der Waals surface area contributed by atoms with E-state index in [1.54, 1.807) is 0 Å². The molecule has 1 aliphatic heterocycles. The van der Waals surface area contributed by atoms with E-state index in [1.807, 2.05) is 0 Å². The fourth-order valence-electron chi connectivity index (χ4n) is 3.72. The maximum atomic E-state index is 11.6. The molecule has 0 amide bonds. The molecule has 3 atom stereocenters. The maximum absolute atomic E-state index is 11.6. The van der Waals surface area contributed by atoms with Crippen molar-refractivity contribution < 1.29 is 53.9 Å². The fourth-order valence-corrected chi connectivity index (χ4v) is 3.72. The lowest BCUT2D eigenvalue weighted by atomic mass is 9.81. The van der Waals surface area contributed by atoms with E-state index in [9.17, 15) is 39.3 Å². The van der Waals surface area contributed by atoms with E-state index < -0.39 is 53.9 Å². The number of hydrogen-bond donors (Lipinski definition) is 4. The highest BCUT2D eigenvalue weighted by molar-refractivity contribution is 5.91. The first-order valence-electron chi connectivity index (χ1n) is 10.8. The Morgan fingerprint density at radius 3 is 1.97 bits per heavy atom. The van der Waals surface area contributed by atoms with Gasteiger partial charge in [0, 0.05) is 12.8 Å². The Morgan fingerprint density at radius 1 is 0.938 bits per heavy atom. The van der Waals surface area contributed by atoms with Crippen molar-refractivity contribution in [1.29, 1.82) is 0 Å². The molecule has 0 aliphatic carbocycles. The predicted molar refractivity (Wildman–Crippen MR) is 108 cm³/mol. The molecular weight excluding hydrogens is 428 g/mol. The third-order valence-corrected chi connectivity index (χ3v) is 5.49. The Morgan fingerprint density at radius 2 is 1.50 bits per heavy atom. The van der Waals surface area contributed by atoms with Crippen molar-refractivity contribution in [2.45, 2.75) is 88.8 Å². The molecule has 11 nitrogen and oxygen atoms in total. The van der Waals surface area contributed by atoms with Crippen LogP contribution in [0.4, 0.5) is 0 Å². The summed E-state index contributed by atoms with van der Waals surface area (Å²) >= 11 is 0. The molecule has 0 aromatic heterocycles. The number of carbonyl (C=O) groups excluding carboxylic acids is 2.